The fourth-order valence-corrected chi connectivity index (χ4v) is 1.01. The van der Waals surface area contributed by atoms with Gasteiger partial charge in [0.15, 0.2) is 5.75 Å². The number of pyridine rings is 1. The molecule has 0 atom stereocenters. The second-order valence-corrected chi connectivity index (χ2v) is 2.82. The Morgan fingerprint density at radius 2 is 2.20 bits per heavy atom. The molecular formula is C9H7F3N2O. The number of aryl methyl sites for hydroxylation is 1. The van der Waals surface area contributed by atoms with Gasteiger partial charge >= 0.3 is 6.36 Å². The van der Waals surface area contributed by atoms with Crippen LogP contribution >= 0.6 is 0 Å². The maximum Gasteiger partial charge on any atom is 0.573 e. The number of hydrogen-bond donors (Lipinski definition) is 0. The van der Waals surface area contributed by atoms with E-state index < -0.39 is 6.36 Å². The highest BCUT2D eigenvalue weighted by Gasteiger charge is 2.31. The van der Waals surface area contributed by atoms with Crippen LogP contribution in [0.1, 0.15) is 11.3 Å². The Bertz CT molecular complexity index is 395. The summed E-state index contributed by atoms with van der Waals surface area (Å²) in [5.74, 6) is -0.343. The topological polar surface area (TPSA) is 45.9 Å². The van der Waals surface area contributed by atoms with Crippen molar-refractivity contribution in [3.05, 3.63) is 23.5 Å². The zero-order chi connectivity index (χ0) is 11.5. The summed E-state index contributed by atoms with van der Waals surface area (Å²) >= 11 is 0. The first-order valence-corrected chi connectivity index (χ1v) is 4.00. The minimum Gasteiger partial charge on any atom is -0.404 e. The minimum absolute atomic E-state index is 0.0626. The molecule has 1 aromatic rings. The van der Waals surface area contributed by atoms with Crippen LogP contribution in [-0.2, 0) is 6.42 Å². The SMILES string of the molecule is Cc1cc(CC#N)ncc1OC(F)(F)F. The van der Waals surface area contributed by atoms with Crippen molar-refractivity contribution in [2.24, 2.45) is 0 Å². The van der Waals surface area contributed by atoms with E-state index in [1.54, 1.807) is 0 Å². The van der Waals surface area contributed by atoms with E-state index in [9.17, 15) is 13.2 Å². The molecule has 0 aromatic carbocycles. The third-order valence-corrected chi connectivity index (χ3v) is 1.61. The first-order valence-electron chi connectivity index (χ1n) is 4.00. The van der Waals surface area contributed by atoms with Crippen molar-refractivity contribution >= 4 is 0 Å². The summed E-state index contributed by atoms with van der Waals surface area (Å²) < 4.78 is 39.3. The second-order valence-electron chi connectivity index (χ2n) is 2.82. The lowest BCUT2D eigenvalue weighted by molar-refractivity contribution is -0.275. The van der Waals surface area contributed by atoms with E-state index in [1.165, 1.54) is 13.0 Å². The Morgan fingerprint density at radius 3 is 2.67 bits per heavy atom. The van der Waals surface area contributed by atoms with Crippen LogP contribution in [0.2, 0.25) is 0 Å². The molecule has 0 amide bonds. The van der Waals surface area contributed by atoms with E-state index in [4.69, 9.17) is 5.26 Å². The van der Waals surface area contributed by atoms with Crippen molar-refractivity contribution < 1.29 is 17.9 Å². The number of nitriles is 1. The van der Waals surface area contributed by atoms with E-state index in [-0.39, 0.29) is 12.2 Å². The summed E-state index contributed by atoms with van der Waals surface area (Å²) in [5.41, 5.74) is 0.720. The summed E-state index contributed by atoms with van der Waals surface area (Å²) in [4.78, 5) is 3.67. The van der Waals surface area contributed by atoms with Gasteiger partial charge < -0.3 is 4.74 Å². The number of rotatable bonds is 2. The first kappa shape index (κ1) is 11.3. The number of halogens is 3. The van der Waals surface area contributed by atoms with E-state index in [0.717, 1.165) is 6.20 Å². The molecule has 0 bridgehead atoms. The number of hydrogen-bond acceptors (Lipinski definition) is 3. The van der Waals surface area contributed by atoms with Crippen LogP contribution in [-0.4, -0.2) is 11.3 Å². The van der Waals surface area contributed by atoms with Crippen molar-refractivity contribution in [1.82, 2.24) is 4.98 Å². The van der Waals surface area contributed by atoms with Crippen LogP contribution in [0, 0.1) is 18.3 Å². The van der Waals surface area contributed by atoms with Gasteiger partial charge in [-0.1, -0.05) is 0 Å². The van der Waals surface area contributed by atoms with Crippen molar-refractivity contribution in [2.75, 3.05) is 0 Å². The van der Waals surface area contributed by atoms with Gasteiger partial charge in [-0.3, -0.25) is 4.98 Å². The summed E-state index contributed by atoms with van der Waals surface area (Å²) in [7, 11) is 0. The smallest absolute Gasteiger partial charge is 0.404 e. The maximum atomic E-state index is 11.9. The average Bonchev–Trinajstić information content (AvgIpc) is 2.08. The van der Waals surface area contributed by atoms with E-state index >= 15 is 0 Å². The largest absolute Gasteiger partial charge is 0.573 e. The lowest BCUT2D eigenvalue weighted by atomic mass is 10.2. The molecule has 6 heteroatoms. The molecule has 0 aliphatic carbocycles. The van der Waals surface area contributed by atoms with Crippen molar-refractivity contribution in [2.45, 2.75) is 19.7 Å². The van der Waals surface area contributed by atoms with Crippen molar-refractivity contribution in [3.8, 4) is 11.8 Å². The maximum absolute atomic E-state index is 11.9. The van der Waals surface area contributed by atoms with Gasteiger partial charge in [0, 0.05) is 0 Å². The van der Waals surface area contributed by atoms with Gasteiger partial charge in [0.05, 0.1) is 24.4 Å². The standard InChI is InChI=1S/C9H7F3N2O/c1-6-4-7(2-3-13)14-5-8(6)15-9(10,11)12/h4-5H,2H2,1H3. The van der Waals surface area contributed by atoms with Gasteiger partial charge in [-0.2, -0.15) is 5.26 Å². The Balaban J connectivity index is 2.89. The van der Waals surface area contributed by atoms with Gasteiger partial charge in [0.1, 0.15) is 0 Å². The molecule has 3 nitrogen and oxygen atoms in total. The molecule has 1 rings (SSSR count). The van der Waals surface area contributed by atoms with Gasteiger partial charge in [-0.15, -0.1) is 13.2 Å². The van der Waals surface area contributed by atoms with E-state index in [1.807, 2.05) is 6.07 Å². The third kappa shape index (κ3) is 3.46. The summed E-state index contributed by atoms with van der Waals surface area (Å²) in [6, 6.07) is 3.25. The zero-order valence-electron chi connectivity index (χ0n) is 7.80. The van der Waals surface area contributed by atoms with Crippen molar-refractivity contribution in [1.29, 1.82) is 5.26 Å². The molecule has 0 saturated heterocycles. The molecule has 0 spiro atoms. The minimum atomic E-state index is -4.72. The lowest BCUT2D eigenvalue weighted by Crippen LogP contribution is -2.18. The van der Waals surface area contributed by atoms with Gasteiger partial charge in [0.25, 0.3) is 0 Å². The van der Waals surface area contributed by atoms with Gasteiger partial charge in [0.2, 0.25) is 0 Å². The molecule has 0 aliphatic rings. The molecule has 0 unspecified atom stereocenters. The highest BCUT2D eigenvalue weighted by Crippen LogP contribution is 2.25. The van der Waals surface area contributed by atoms with E-state index in [0.29, 0.717) is 11.3 Å². The number of ether oxygens (including phenoxy) is 1. The fraction of sp³-hybridized carbons (Fsp3) is 0.333. The molecular weight excluding hydrogens is 209 g/mol. The Kier molecular flexibility index (Phi) is 3.14. The molecule has 0 saturated carbocycles. The van der Waals surface area contributed by atoms with Crippen LogP contribution in [0.4, 0.5) is 13.2 Å². The normalized spacial score (nSPS) is 10.9. The Morgan fingerprint density at radius 1 is 1.53 bits per heavy atom. The number of nitrogens with zero attached hydrogens (tertiary/aromatic N) is 2. The molecule has 0 radical (unpaired) electrons. The summed E-state index contributed by atoms with van der Waals surface area (Å²) in [5, 5.41) is 8.37. The predicted octanol–water partition coefficient (Wildman–Crippen LogP) is 2.35. The highest BCUT2D eigenvalue weighted by atomic mass is 19.4. The quantitative estimate of drug-likeness (QED) is 0.762. The van der Waals surface area contributed by atoms with Gasteiger partial charge in [-0.25, -0.2) is 0 Å². The van der Waals surface area contributed by atoms with Crippen LogP contribution in [0.3, 0.4) is 0 Å². The third-order valence-electron chi connectivity index (χ3n) is 1.61. The number of alkyl halides is 3. The Hall–Kier alpha value is -1.77. The van der Waals surface area contributed by atoms with Crippen LogP contribution in [0.5, 0.6) is 5.75 Å². The molecule has 1 aromatic heterocycles. The van der Waals surface area contributed by atoms with Gasteiger partial charge in [-0.05, 0) is 18.6 Å². The molecule has 0 aliphatic heterocycles. The monoisotopic (exact) mass is 216 g/mol. The van der Waals surface area contributed by atoms with Crippen LogP contribution in [0.25, 0.3) is 0 Å². The number of aromatic nitrogens is 1. The molecule has 15 heavy (non-hydrogen) atoms. The fourth-order valence-electron chi connectivity index (χ4n) is 1.01. The highest BCUT2D eigenvalue weighted by molar-refractivity contribution is 5.32. The van der Waals surface area contributed by atoms with Crippen LogP contribution in [0.15, 0.2) is 12.3 Å². The summed E-state index contributed by atoms with van der Waals surface area (Å²) in [6.07, 6.45) is -3.69. The molecule has 0 N–H and O–H groups in total. The predicted molar refractivity (Wildman–Crippen MR) is 45.0 cm³/mol. The Labute approximate surface area is 84.1 Å². The molecule has 1 heterocycles. The van der Waals surface area contributed by atoms with E-state index in [2.05, 4.69) is 9.72 Å². The first-order chi connectivity index (χ1) is 6.92. The van der Waals surface area contributed by atoms with Crippen LogP contribution < -0.4 is 4.74 Å². The second kappa shape index (κ2) is 4.17. The average molecular weight is 216 g/mol. The summed E-state index contributed by atoms with van der Waals surface area (Å²) in [6.45, 7) is 1.46. The molecule has 80 valence electrons. The zero-order valence-corrected chi connectivity index (χ0v) is 7.80. The lowest BCUT2D eigenvalue weighted by Gasteiger charge is -2.10. The molecule has 0 fully saturated rings. The van der Waals surface area contributed by atoms with Crippen molar-refractivity contribution in [3.63, 3.8) is 0 Å².